The number of ketones is 1. The van der Waals surface area contributed by atoms with E-state index in [1.807, 2.05) is 11.8 Å². The molecule has 19 heavy (non-hydrogen) atoms. The number of benzene rings is 1. The predicted molar refractivity (Wildman–Crippen MR) is 77.1 cm³/mol. The van der Waals surface area contributed by atoms with Crippen LogP contribution in [-0.2, 0) is 0 Å². The fraction of sp³-hybridized carbons (Fsp3) is 0.429. The highest BCUT2D eigenvalue weighted by Gasteiger charge is 2.23. The normalized spacial score (nSPS) is 18.6. The summed E-state index contributed by atoms with van der Waals surface area (Å²) in [4.78, 5) is 25.4. The Morgan fingerprint density at radius 1 is 1.21 bits per heavy atom. The topological polar surface area (TPSA) is 49.4 Å². The number of hydrogen-bond acceptors (Lipinski definition) is 3. The largest absolute Gasteiger partial charge is 0.333 e. The van der Waals surface area contributed by atoms with Gasteiger partial charge in [0.05, 0.1) is 0 Å². The van der Waals surface area contributed by atoms with Gasteiger partial charge in [0, 0.05) is 36.8 Å². The molecule has 1 unspecified atom stereocenters. The zero-order valence-corrected chi connectivity index (χ0v) is 12.0. The third-order valence-corrected chi connectivity index (χ3v) is 3.30. The Labute approximate surface area is 119 Å². The van der Waals surface area contributed by atoms with Crippen LogP contribution in [0, 0.1) is 0 Å². The number of hydrogen-bond donors (Lipinski definition) is 1. The number of halogens is 1. The van der Waals surface area contributed by atoms with E-state index in [0.717, 1.165) is 19.6 Å². The second kappa shape index (κ2) is 6.68. The summed E-state index contributed by atoms with van der Waals surface area (Å²) in [6.45, 7) is 5.95. The Morgan fingerprint density at radius 2 is 1.79 bits per heavy atom. The number of nitrogens with one attached hydrogen (secondary N) is 1. The van der Waals surface area contributed by atoms with Crippen LogP contribution in [-0.4, -0.2) is 42.3 Å². The molecule has 1 aliphatic rings. The average molecular weight is 283 g/mol. The Hall–Kier alpha value is -1.39. The molecule has 0 aliphatic carbocycles. The lowest BCUT2D eigenvalue weighted by Crippen LogP contribution is -2.52. The van der Waals surface area contributed by atoms with Gasteiger partial charge in [-0.05, 0) is 26.0 Å². The molecule has 1 saturated heterocycles. The van der Waals surface area contributed by atoms with Crippen LogP contribution in [0.2, 0.25) is 0 Å². The predicted octanol–water partition coefficient (Wildman–Crippen LogP) is 1.74. The summed E-state index contributed by atoms with van der Waals surface area (Å²) in [5, 5.41) is 3.26. The molecule has 1 aromatic rings. The van der Waals surface area contributed by atoms with E-state index in [4.69, 9.17) is 0 Å². The zero-order valence-electron chi connectivity index (χ0n) is 11.2. The zero-order chi connectivity index (χ0) is 13.1. The number of carbonyl (C=O) groups excluding carboxylic acids is 2. The van der Waals surface area contributed by atoms with Gasteiger partial charge in [-0.15, -0.1) is 12.4 Å². The van der Waals surface area contributed by atoms with Crippen LogP contribution in [0.15, 0.2) is 24.3 Å². The molecule has 0 spiro atoms. The molecule has 1 aromatic carbocycles. The molecule has 0 bridgehead atoms. The molecule has 1 fully saturated rings. The van der Waals surface area contributed by atoms with E-state index in [-0.39, 0.29) is 30.1 Å². The third-order valence-electron chi connectivity index (χ3n) is 3.30. The van der Waals surface area contributed by atoms with Crippen LogP contribution in [0.1, 0.15) is 34.6 Å². The number of carbonyl (C=O) groups is 2. The highest BCUT2D eigenvalue weighted by Crippen LogP contribution is 2.12. The molecule has 1 amide bonds. The number of piperazine rings is 1. The van der Waals surface area contributed by atoms with E-state index in [1.54, 1.807) is 24.3 Å². The molecule has 104 valence electrons. The van der Waals surface area contributed by atoms with Crippen molar-refractivity contribution in [2.75, 3.05) is 19.6 Å². The van der Waals surface area contributed by atoms with Crippen LogP contribution in [0.4, 0.5) is 0 Å². The standard InChI is InChI=1S/C14H18N2O2.ClH/c1-10-9-15-7-8-16(10)14(18)13-5-3-12(4-6-13)11(2)17;/h3-6,10,15H,7-9H2,1-2H3;1H. The molecule has 1 N–H and O–H groups in total. The van der Waals surface area contributed by atoms with E-state index in [0.29, 0.717) is 11.1 Å². The van der Waals surface area contributed by atoms with Gasteiger partial charge in [0.15, 0.2) is 5.78 Å². The van der Waals surface area contributed by atoms with E-state index < -0.39 is 0 Å². The molecular weight excluding hydrogens is 264 g/mol. The van der Waals surface area contributed by atoms with E-state index >= 15 is 0 Å². The maximum absolute atomic E-state index is 12.3. The van der Waals surface area contributed by atoms with Crippen LogP contribution in [0.5, 0.6) is 0 Å². The van der Waals surface area contributed by atoms with Gasteiger partial charge in [-0.25, -0.2) is 0 Å². The second-order valence-corrected chi connectivity index (χ2v) is 4.69. The molecule has 1 atom stereocenters. The molecule has 2 rings (SSSR count). The molecular formula is C14H19ClN2O2. The smallest absolute Gasteiger partial charge is 0.254 e. The molecule has 4 nitrogen and oxygen atoms in total. The Balaban J connectivity index is 0.00000180. The van der Waals surface area contributed by atoms with Crippen molar-refractivity contribution in [3.05, 3.63) is 35.4 Å². The first-order chi connectivity index (χ1) is 8.59. The Bertz CT molecular complexity index is 459. The Kier molecular flexibility index (Phi) is 5.51. The van der Waals surface area contributed by atoms with Crippen molar-refractivity contribution >= 4 is 24.1 Å². The lowest BCUT2D eigenvalue weighted by molar-refractivity contribution is 0.0655. The van der Waals surface area contributed by atoms with E-state index in [2.05, 4.69) is 5.32 Å². The van der Waals surface area contributed by atoms with Crippen molar-refractivity contribution < 1.29 is 9.59 Å². The quantitative estimate of drug-likeness (QED) is 0.841. The maximum Gasteiger partial charge on any atom is 0.254 e. The lowest BCUT2D eigenvalue weighted by Gasteiger charge is -2.34. The van der Waals surface area contributed by atoms with E-state index in [9.17, 15) is 9.59 Å². The fourth-order valence-electron chi connectivity index (χ4n) is 2.16. The summed E-state index contributed by atoms with van der Waals surface area (Å²) < 4.78 is 0. The summed E-state index contributed by atoms with van der Waals surface area (Å²) in [7, 11) is 0. The minimum Gasteiger partial charge on any atom is -0.333 e. The first-order valence-corrected chi connectivity index (χ1v) is 6.22. The molecule has 0 saturated carbocycles. The number of amides is 1. The molecule has 1 heterocycles. The summed E-state index contributed by atoms with van der Waals surface area (Å²) in [6, 6.07) is 7.09. The number of nitrogens with zero attached hydrogens (tertiary/aromatic N) is 1. The number of rotatable bonds is 2. The summed E-state index contributed by atoms with van der Waals surface area (Å²) in [5.41, 5.74) is 1.29. The van der Waals surface area contributed by atoms with Crippen LogP contribution in [0.3, 0.4) is 0 Å². The van der Waals surface area contributed by atoms with Crippen molar-refractivity contribution in [3.8, 4) is 0 Å². The first kappa shape index (κ1) is 15.7. The highest BCUT2D eigenvalue weighted by molar-refractivity contribution is 5.97. The fourth-order valence-corrected chi connectivity index (χ4v) is 2.16. The SMILES string of the molecule is CC(=O)c1ccc(C(=O)N2CCNCC2C)cc1.Cl. The Morgan fingerprint density at radius 3 is 2.32 bits per heavy atom. The van der Waals surface area contributed by atoms with Crippen molar-refractivity contribution in [2.24, 2.45) is 0 Å². The average Bonchev–Trinajstić information content (AvgIpc) is 2.38. The van der Waals surface area contributed by atoms with Crippen LogP contribution >= 0.6 is 12.4 Å². The van der Waals surface area contributed by atoms with Crippen molar-refractivity contribution in [1.82, 2.24) is 10.2 Å². The summed E-state index contributed by atoms with van der Waals surface area (Å²) in [6.07, 6.45) is 0. The molecule has 0 aromatic heterocycles. The highest BCUT2D eigenvalue weighted by atomic mass is 35.5. The summed E-state index contributed by atoms with van der Waals surface area (Å²) in [5.74, 6) is 0.0589. The van der Waals surface area contributed by atoms with Gasteiger partial charge < -0.3 is 10.2 Å². The van der Waals surface area contributed by atoms with Crippen molar-refractivity contribution in [3.63, 3.8) is 0 Å². The van der Waals surface area contributed by atoms with Crippen molar-refractivity contribution in [2.45, 2.75) is 19.9 Å². The maximum atomic E-state index is 12.3. The van der Waals surface area contributed by atoms with Gasteiger partial charge in [0.1, 0.15) is 0 Å². The summed E-state index contributed by atoms with van der Waals surface area (Å²) >= 11 is 0. The minimum absolute atomic E-state index is 0. The number of Topliss-reactive ketones (excluding diaryl/α,β-unsaturated/α-hetero) is 1. The molecule has 0 radical (unpaired) electrons. The van der Waals surface area contributed by atoms with Gasteiger partial charge in [-0.1, -0.05) is 12.1 Å². The molecule has 5 heteroatoms. The lowest BCUT2D eigenvalue weighted by atomic mass is 10.1. The van der Waals surface area contributed by atoms with Gasteiger partial charge in [0.2, 0.25) is 0 Å². The second-order valence-electron chi connectivity index (χ2n) is 4.69. The first-order valence-electron chi connectivity index (χ1n) is 6.22. The van der Waals surface area contributed by atoms with E-state index in [1.165, 1.54) is 6.92 Å². The third kappa shape index (κ3) is 3.55. The molecule has 1 aliphatic heterocycles. The van der Waals surface area contributed by atoms with Crippen LogP contribution in [0.25, 0.3) is 0 Å². The minimum atomic E-state index is 0. The van der Waals surface area contributed by atoms with Gasteiger partial charge in [-0.2, -0.15) is 0 Å². The van der Waals surface area contributed by atoms with Gasteiger partial charge in [0.25, 0.3) is 5.91 Å². The van der Waals surface area contributed by atoms with Gasteiger partial charge in [-0.3, -0.25) is 9.59 Å². The van der Waals surface area contributed by atoms with Gasteiger partial charge >= 0.3 is 0 Å². The van der Waals surface area contributed by atoms with Crippen molar-refractivity contribution in [1.29, 1.82) is 0 Å². The monoisotopic (exact) mass is 282 g/mol. The van der Waals surface area contributed by atoms with Crippen LogP contribution < -0.4 is 5.32 Å².